The fourth-order valence-corrected chi connectivity index (χ4v) is 3.32. The van der Waals surface area contributed by atoms with E-state index in [2.05, 4.69) is 4.72 Å². The zero-order chi connectivity index (χ0) is 15.9. The third-order valence-electron chi connectivity index (χ3n) is 3.23. The smallest absolute Gasteiger partial charge is 0.240 e. The highest BCUT2D eigenvalue weighted by atomic mass is 32.2. The molecule has 118 valence electrons. The lowest BCUT2D eigenvalue weighted by molar-refractivity contribution is -0.130. The van der Waals surface area contributed by atoms with Crippen LogP contribution in [0, 0.1) is 0 Å². The summed E-state index contributed by atoms with van der Waals surface area (Å²) in [7, 11) is -3.64. The van der Waals surface area contributed by atoms with Crippen molar-refractivity contribution in [1.82, 2.24) is 9.62 Å². The summed E-state index contributed by atoms with van der Waals surface area (Å²) in [6.45, 7) is 5.26. The lowest BCUT2D eigenvalue weighted by Crippen LogP contribution is -2.34. The summed E-state index contributed by atoms with van der Waals surface area (Å²) in [5, 5.41) is 0. The molecule has 0 radical (unpaired) electrons. The Morgan fingerprint density at radius 2 is 1.86 bits per heavy atom. The molecular weight excluding hydrogens is 290 g/mol. The quantitative estimate of drug-likeness (QED) is 0.738. The third kappa shape index (κ3) is 4.80. The molecule has 21 heavy (non-hydrogen) atoms. The highest BCUT2D eigenvalue weighted by Crippen LogP contribution is 2.14. The molecule has 0 spiro atoms. The summed E-state index contributed by atoms with van der Waals surface area (Å²) < 4.78 is 26.9. The van der Waals surface area contributed by atoms with Crippen LogP contribution in [0.1, 0.15) is 25.8 Å². The second kappa shape index (κ2) is 8.11. The SMILES string of the molecule is CCN(CC)C(=O)CCNS(=O)(=O)c1ccccc1CN. The third-order valence-corrected chi connectivity index (χ3v) is 4.79. The lowest BCUT2D eigenvalue weighted by Gasteiger charge is -2.18. The van der Waals surface area contributed by atoms with Gasteiger partial charge >= 0.3 is 0 Å². The minimum Gasteiger partial charge on any atom is -0.343 e. The summed E-state index contributed by atoms with van der Waals surface area (Å²) >= 11 is 0. The van der Waals surface area contributed by atoms with Crippen molar-refractivity contribution in [3.63, 3.8) is 0 Å². The van der Waals surface area contributed by atoms with Crippen LogP contribution in [0.2, 0.25) is 0 Å². The second-order valence-electron chi connectivity index (χ2n) is 4.53. The molecule has 1 aromatic rings. The van der Waals surface area contributed by atoms with E-state index in [1.54, 1.807) is 23.1 Å². The molecule has 0 heterocycles. The predicted octanol–water partition coefficient (Wildman–Crippen LogP) is 0.682. The standard InChI is InChI=1S/C14H23N3O3S/c1-3-17(4-2)14(18)9-10-16-21(19,20)13-8-6-5-7-12(13)11-15/h5-8,16H,3-4,9-11,15H2,1-2H3. The molecule has 0 aliphatic carbocycles. The number of carbonyl (C=O) groups is 1. The summed E-state index contributed by atoms with van der Waals surface area (Å²) in [5.41, 5.74) is 6.10. The molecule has 3 N–H and O–H groups in total. The van der Waals surface area contributed by atoms with E-state index in [0.717, 1.165) is 0 Å². The number of nitrogens with one attached hydrogen (secondary N) is 1. The first-order valence-electron chi connectivity index (χ1n) is 7.01. The van der Waals surface area contributed by atoms with E-state index >= 15 is 0 Å². The topological polar surface area (TPSA) is 92.5 Å². The number of hydrogen-bond donors (Lipinski definition) is 2. The van der Waals surface area contributed by atoms with Crippen molar-refractivity contribution < 1.29 is 13.2 Å². The fraction of sp³-hybridized carbons (Fsp3) is 0.500. The molecule has 0 saturated heterocycles. The molecule has 0 bridgehead atoms. The van der Waals surface area contributed by atoms with Gasteiger partial charge in [0, 0.05) is 32.6 Å². The van der Waals surface area contributed by atoms with Crippen LogP contribution in [0.3, 0.4) is 0 Å². The molecule has 1 aromatic carbocycles. The number of nitrogens with zero attached hydrogens (tertiary/aromatic N) is 1. The van der Waals surface area contributed by atoms with Gasteiger partial charge in [0.05, 0.1) is 4.90 Å². The van der Waals surface area contributed by atoms with Gasteiger partial charge in [-0.15, -0.1) is 0 Å². The molecule has 0 unspecified atom stereocenters. The maximum atomic E-state index is 12.2. The molecule has 1 rings (SSSR count). The van der Waals surface area contributed by atoms with Gasteiger partial charge in [-0.2, -0.15) is 0 Å². The van der Waals surface area contributed by atoms with Gasteiger partial charge < -0.3 is 10.6 Å². The van der Waals surface area contributed by atoms with E-state index in [1.165, 1.54) is 6.07 Å². The van der Waals surface area contributed by atoms with Crippen molar-refractivity contribution in [2.75, 3.05) is 19.6 Å². The van der Waals surface area contributed by atoms with Gasteiger partial charge in [0.2, 0.25) is 15.9 Å². The van der Waals surface area contributed by atoms with Gasteiger partial charge in [0.15, 0.2) is 0 Å². The number of amides is 1. The molecule has 0 fully saturated rings. The summed E-state index contributed by atoms with van der Waals surface area (Å²) in [4.78, 5) is 13.7. The van der Waals surface area contributed by atoms with Crippen LogP contribution in [0.4, 0.5) is 0 Å². The molecular formula is C14H23N3O3S. The van der Waals surface area contributed by atoms with Crippen molar-refractivity contribution in [2.24, 2.45) is 5.73 Å². The minimum atomic E-state index is -3.64. The van der Waals surface area contributed by atoms with Crippen LogP contribution in [0.25, 0.3) is 0 Å². The van der Waals surface area contributed by atoms with E-state index in [-0.39, 0.29) is 30.3 Å². The van der Waals surface area contributed by atoms with Gasteiger partial charge in [-0.05, 0) is 25.5 Å². The Bertz CT molecular complexity index is 569. The van der Waals surface area contributed by atoms with Crippen LogP contribution in [-0.2, 0) is 21.4 Å². The van der Waals surface area contributed by atoms with Crippen LogP contribution in [0.15, 0.2) is 29.2 Å². The first-order valence-corrected chi connectivity index (χ1v) is 8.50. The zero-order valence-corrected chi connectivity index (χ0v) is 13.3. The van der Waals surface area contributed by atoms with E-state index < -0.39 is 10.0 Å². The first kappa shape index (κ1) is 17.6. The van der Waals surface area contributed by atoms with Crippen molar-refractivity contribution in [3.8, 4) is 0 Å². The largest absolute Gasteiger partial charge is 0.343 e. The van der Waals surface area contributed by atoms with Crippen molar-refractivity contribution in [1.29, 1.82) is 0 Å². The average molecular weight is 313 g/mol. The Hall–Kier alpha value is -1.44. The summed E-state index contributed by atoms with van der Waals surface area (Å²) in [6.07, 6.45) is 0.145. The maximum Gasteiger partial charge on any atom is 0.240 e. The van der Waals surface area contributed by atoms with E-state index in [4.69, 9.17) is 5.73 Å². The van der Waals surface area contributed by atoms with E-state index in [0.29, 0.717) is 18.7 Å². The predicted molar refractivity (Wildman–Crippen MR) is 82.1 cm³/mol. The van der Waals surface area contributed by atoms with Crippen molar-refractivity contribution in [3.05, 3.63) is 29.8 Å². The van der Waals surface area contributed by atoms with Gasteiger partial charge in [0.1, 0.15) is 0 Å². The van der Waals surface area contributed by atoms with Crippen LogP contribution >= 0.6 is 0 Å². The van der Waals surface area contributed by atoms with Gasteiger partial charge in [-0.1, -0.05) is 18.2 Å². The monoisotopic (exact) mass is 313 g/mol. The molecule has 1 amide bonds. The second-order valence-corrected chi connectivity index (χ2v) is 6.26. The highest BCUT2D eigenvalue weighted by molar-refractivity contribution is 7.89. The van der Waals surface area contributed by atoms with Crippen LogP contribution in [0.5, 0.6) is 0 Å². The molecule has 6 nitrogen and oxygen atoms in total. The van der Waals surface area contributed by atoms with Gasteiger partial charge in [0.25, 0.3) is 0 Å². The Morgan fingerprint density at radius 1 is 1.24 bits per heavy atom. The number of rotatable bonds is 8. The molecule has 0 atom stereocenters. The normalized spacial score (nSPS) is 11.4. The molecule has 7 heteroatoms. The van der Waals surface area contributed by atoms with E-state index in [9.17, 15) is 13.2 Å². The van der Waals surface area contributed by atoms with Crippen LogP contribution in [-0.4, -0.2) is 38.9 Å². The van der Waals surface area contributed by atoms with Gasteiger partial charge in [-0.3, -0.25) is 4.79 Å². The summed E-state index contributed by atoms with van der Waals surface area (Å²) in [6, 6.07) is 6.58. The number of nitrogens with two attached hydrogens (primary N) is 1. The molecule has 0 aliphatic rings. The number of sulfonamides is 1. The molecule has 0 saturated carbocycles. The molecule has 0 aliphatic heterocycles. The van der Waals surface area contributed by atoms with Crippen molar-refractivity contribution >= 4 is 15.9 Å². The number of benzene rings is 1. The Balaban J connectivity index is 2.68. The fourth-order valence-electron chi connectivity index (χ4n) is 2.04. The lowest BCUT2D eigenvalue weighted by atomic mass is 10.2. The average Bonchev–Trinajstić information content (AvgIpc) is 2.48. The summed E-state index contributed by atoms with van der Waals surface area (Å²) in [5.74, 6) is -0.0604. The Labute approximate surface area is 126 Å². The molecule has 0 aromatic heterocycles. The minimum absolute atomic E-state index is 0.0604. The van der Waals surface area contributed by atoms with E-state index in [1.807, 2.05) is 13.8 Å². The van der Waals surface area contributed by atoms with Gasteiger partial charge in [-0.25, -0.2) is 13.1 Å². The Kier molecular flexibility index (Phi) is 6.80. The van der Waals surface area contributed by atoms with Crippen LogP contribution < -0.4 is 10.5 Å². The zero-order valence-electron chi connectivity index (χ0n) is 12.5. The maximum absolute atomic E-state index is 12.2. The highest BCUT2D eigenvalue weighted by Gasteiger charge is 2.18. The van der Waals surface area contributed by atoms with Crippen molar-refractivity contribution in [2.45, 2.75) is 31.7 Å². The Morgan fingerprint density at radius 3 is 2.43 bits per heavy atom. The number of hydrogen-bond acceptors (Lipinski definition) is 4. The number of carbonyl (C=O) groups excluding carboxylic acids is 1. The first-order chi connectivity index (χ1) is 9.96.